The molecule has 1 N–H and O–H groups in total. The molecule has 0 fully saturated rings. The van der Waals surface area contributed by atoms with E-state index in [9.17, 15) is 0 Å². The van der Waals surface area contributed by atoms with Gasteiger partial charge in [0.15, 0.2) is 0 Å². The maximum absolute atomic E-state index is 3.61. The minimum Gasteiger partial charge on any atom is -0.310 e. The maximum atomic E-state index is 3.61. The Morgan fingerprint density at radius 3 is 2.47 bits per heavy atom. The van der Waals surface area contributed by atoms with Gasteiger partial charge in [-0.15, -0.1) is 0 Å². The number of rotatable bonds is 10. The largest absolute Gasteiger partial charge is 0.310 e. The van der Waals surface area contributed by atoms with E-state index in [1.54, 1.807) is 0 Å². The predicted octanol–water partition coefficient (Wildman–Crippen LogP) is 4.82. The fourth-order valence-electron chi connectivity index (χ4n) is 2.16. The van der Waals surface area contributed by atoms with Gasteiger partial charge in [0.1, 0.15) is 0 Å². The summed E-state index contributed by atoms with van der Waals surface area (Å²) in [7, 11) is 0. The van der Waals surface area contributed by atoms with Crippen molar-refractivity contribution in [3.8, 4) is 0 Å². The molecule has 1 unspecified atom stereocenters. The second-order valence-electron chi connectivity index (χ2n) is 5.22. The standard InChI is InChI=1S/C17H29NS/c1-4-5-8-16-9-11-17(12-10-16)15(2)18-13-6-7-14-19-3/h9-12,15,18H,4-8,13-14H2,1-3H3. The zero-order chi connectivity index (χ0) is 13.9. The van der Waals surface area contributed by atoms with Gasteiger partial charge in [0.25, 0.3) is 0 Å². The number of hydrogen-bond acceptors (Lipinski definition) is 2. The number of thioether (sulfide) groups is 1. The normalized spacial score (nSPS) is 12.6. The zero-order valence-electron chi connectivity index (χ0n) is 12.7. The highest BCUT2D eigenvalue weighted by Gasteiger charge is 2.04. The van der Waals surface area contributed by atoms with E-state index < -0.39 is 0 Å². The van der Waals surface area contributed by atoms with Crippen molar-refractivity contribution in [1.82, 2.24) is 5.32 Å². The quantitative estimate of drug-likeness (QED) is 0.616. The molecule has 19 heavy (non-hydrogen) atoms. The first-order chi connectivity index (χ1) is 9.27. The Labute approximate surface area is 123 Å². The molecule has 1 aromatic carbocycles. The van der Waals surface area contributed by atoms with Crippen LogP contribution in [-0.2, 0) is 6.42 Å². The van der Waals surface area contributed by atoms with Crippen LogP contribution in [0.3, 0.4) is 0 Å². The average Bonchev–Trinajstić information content (AvgIpc) is 2.45. The van der Waals surface area contributed by atoms with Gasteiger partial charge in [0.05, 0.1) is 0 Å². The topological polar surface area (TPSA) is 12.0 Å². The molecule has 1 aromatic rings. The Balaban J connectivity index is 2.29. The molecule has 108 valence electrons. The van der Waals surface area contributed by atoms with Crippen molar-refractivity contribution in [3.05, 3.63) is 35.4 Å². The lowest BCUT2D eigenvalue weighted by molar-refractivity contribution is 0.555. The summed E-state index contributed by atoms with van der Waals surface area (Å²) in [6.07, 6.45) is 8.55. The molecule has 0 aliphatic heterocycles. The highest BCUT2D eigenvalue weighted by Crippen LogP contribution is 2.14. The average molecular weight is 279 g/mol. The zero-order valence-corrected chi connectivity index (χ0v) is 13.6. The number of hydrogen-bond donors (Lipinski definition) is 1. The van der Waals surface area contributed by atoms with Gasteiger partial charge in [-0.25, -0.2) is 0 Å². The van der Waals surface area contributed by atoms with Crippen LogP contribution in [-0.4, -0.2) is 18.6 Å². The molecule has 0 heterocycles. The lowest BCUT2D eigenvalue weighted by atomic mass is 10.0. The van der Waals surface area contributed by atoms with E-state index in [4.69, 9.17) is 0 Å². The van der Waals surface area contributed by atoms with Gasteiger partial charge >= 0.3 is 0 Å². The third-order valence-electron chi connectivity index (χ3n) is 3.52. The van der Waals surface area contributed by atoms with Gasteiger partial charge in [0.2, 0.25) is 0 Å². The molecule has 0 aliphatic rings. The fourth-order valence-corrected chi connectivity index (χ4v) is 2.65. The number of nitrogens with one attached hydrogen (secondary N) is 1. The lowest BCUT2D eigenvalue weighted by Gasteiger charge is -2.14. The molecule has 1 nitrogen and oxygen atoms in total. The number of unbranched alkanes of at least 4 members (excludes halogenated alkanes) is 2. The highest BCUT2D eigenvalue weighted by molar-refractivity contribution is 7.98. The van der Waals surface area contributed by atoms with Crippen LogP contribution in [0.25, 0.3) is 0 Å². The van der Waals surface area contributed by atoms with Gasteiger partial charge in [0, 0.05) is 6.04 Å². The summed E-state index contributed by atoms with van der Waals surface area (Å²) in [6.45, 7) is 5.63. The molecule has 0 spiro atoms. The molecule has 1 rings (SSSR count). The van der Waals surface area contributed by atoms with E-state index in [0.717, 1.165) is 6.54 Å². The van der Waals surface area contributed by atoms with Crippen LogP contribution in [0.2, 0.25) is 0 Å². The van der Waals surface area contributed by atoms with Crippen molar-refractivity contribution in [2.75, 3.05) is 18.6 Å². The van der Waals surface area contributed by atoms with Crippen molar-refractivity contribution in [2.24, 2.45) is 0 Å². The van der Waals surface area contributed by atoms with E-state index >= 15 is 0 Å². The summed E-state index contributed by atoms with van der Waals surface area (Å²) in [5.74, 6) is 1.28. The summed E-state index contributed by atoms with van der Waals surface area (Å²) < 4.78 is 0. The van der Waals surface area contributed by atoms with Crippen molar-refractivity contribution in [3.63, 3.8) is 0 Å². The summed E-state index contributed by atoms with van der Waals surface area (Å²) in [6, 6.07) is 9.61. The van der Waals surface area contributed by atoms with Crippen molar-refractivity contribution in [2.45, 2.75) is 52.0 Å². The first-order valence-corrected chi connectivity index (χ1v) is 8.98. The van der Waals surface area contributed by atoms with Crippen LogP contribution in [0.1, 0.15) is 56.7 Å². The van der Waals surface area contributed by atoms with E-state index in [-0.39, 0.29) is 0 Å². The molecule has 0 saturated heterocycles. The Morgan fingerprint density at radius 2 is 1.84 bits per heavy atom. The minimum atomic E-state index is 0.467. The minimum absolute atomic E-state index is 0.467. The third-order valence-corrected chi connectivity index (χ3v) is 4.22. The molecule has 0 aromatic heterocycles. The highest BCUT2D eigenvalue weighted by atomic mass is 32.2. The SMILES string of the molecule is CCCCc1ccc(C(C)NCCCCSC)cc1. The molecule has 0 bridgehead atoms. The van der Waals surface area contributed by atoms with Gasteiger partial charge in [-0.2, -0.15) is 11.8 Å². The molecule has 2 heteroatoms. The van der Waals surface area contributed by atoms with Crippen LogP contribution in [0.15, 0.2) is 24.3 Å². The lowest BCUT2D eigenvalue weighted by Crippen LogP contribution is -2.19. The summed E-state index contributed by atoms with van der Waals surface area (Å²) in [5.41, 5.74) is 2.88. The molecular formula is C17H29NS. The van der Waals surface area contributed by atoms with Crippen molar-refractivity contribution >= 4 is 11.8 Å². The first kappa shape index (κ1) is 16.6. The summed E-state index contributed by atoms with van der Waals surface area (Å²) in [5, 5.41) is 3.61. The second kappa shape index (κ2) is 10.3. The van der Waals surface area contributed by atoms with Gasteiger partial charge < -0.3 is 5.32 Å². The number of benzene rings is 1. The van der Waals surface area contributed by atoms with Crippen LogP contribution < -0.4 is 5.32 Å². The van der Waals surface area contributed by atoms with Crippen LogP contribution >= 0.6 is 11.8 Å². The first-order valence-electron chi connectivity index (χ1n) is 7.59. The maximum Gasteiger partial charge on any atom is 0.0291 e. The van der Waals surface area contributed by atoms with Crippen LogP contribution in [0.5, 0.6) is 0 Å². The summed E-state index contributed by atoms with van der Waals surface area (Å²) >= 11 is 1.94. The van der Waals surface area contributed by atoms with Crippen LogP contribution in [0.4, 0.5) is 0 Å². The molecular weight excluding hydrogens is 250 g/mol. The Bertz CT molecular complexity index is 321. The number of aryl methyl sites for hydroxylation is 1. The van der Waals surface area contributed by atoms with E-state index in [2.05, 4.69) is 49.7 Å². The molecule has 0 radical (unpaired) electrons. The Morgan fingerprint density at radius 1 is 1.11 bits per heavy atom. The molecule has 0 aliphatic carbocycles. The smallest absolute Gasteiger partial charge is 0.0291 e. The van der Waals surface area contributed by atoms with E-state index in [1.807, 2.05) is 11.8 Å². The Kier molecular flexibility index (Phi) is 9.02. The van der Waals surface area contributed by atoms with Crippen molar-refractivity contribution < 1.29 is 0 Å². The van der Waals surface area contributed by atoms with Gasteiger partial charge in [-0.1, -0.05) is 37.6 Å². The molecule has 0 saturated carbocycles. The van der Waals surface area contributed by atoms with Crippen LogP contribution in [0, 0.1) is 0 Å². The second-order valence-corrected chi connectivity index (χ2v) is 6.21. The van der Waals surface area contributed by atoms with Gasteiger partial charge in [-0.05, 0) is 62.3 Å². The summed E-state index contributed by atoms with van der Waals surface area (Å²) in [4.78, 5) is 0. The van der Waals surface area contributed by atoms with E-state index in [0.29, 0.717) is 6.04 Å². The predicted molar refractivity (Wildman–Crippen MR) is 89.1 cm³/mol. The molecule has 1 atom stereocenters. The molecule has 0 amide bonds. The fraction of sp³-hybridized carbons (Fsp3) is 0.647. The Hall–Kier alpha value is -0.470. The van der Waals surface area contributed by atoms with E-state index in [1.165, 1.54) is 49.0 Å². The van der Waals surface area contributed by atoms with Crippen molar-refractivity contribution in [1.29, 1.82) is 0 Å². The van der Waals surface area contributed by atoms with Gasteiger partial charge in [-0.3, -0.25) is 0 Å². The monoisotopic (exact) mass is 279 g/mol. The third kappa shape index (κ3) is 7.03.